The molecule has 0 spiro atoms. The molecule has 3 heterocycles. The van der Waals surface area contributed by atoms with E-state index in [2.05, 4.69) is 4.98 Å². The standard InChI is InChI=1S/C12H9ClF3N3O2S/c13-9-6(1-4-22-9)8-7-5-18(11(20)21)2-3-19(7)10(17-8)12(14,15)16/h1,4H,2-3,5H2,(H,20,21). The summed E-state index contributed by atoms with van der Waals surface area (Å²) in [7, 11) is 0. The fourth-order valence-electron chi connectivity index (χ4n) is 2.43. The van der Waals surface area contributed by atoms with E-state index in [4.69, 9.17) is 16.7 Å². The first-order valence-electron chi connectivity index (χ1n) is 6.17. The van der Waals surface area contributed by atoms with Crippen molar-refractivity contribution in [2.24, 2.45) is 0 Å². The molecule has 1 aliphatic rings. The second-order valence-corrected chi connectivity index (χ2v) is 6.21. The highest BCUT2D eigenvalue weighted by Crippen LogP contribution is 2.39. The van der Waals surface area contributed by atoms with Crippen molar-refractivity contribution in [2.45, 2.75) is 19.3 Å². The monoisotopic (exact) mass is 351 g/mol. The zero-order valence-electron chi connectivity index (χ0n) is 10.9. The zero-order valence-corrected chi connectivity index (χ0v) is 12.5. The number of halogens is 4. The van der Waals surface area contributed by atoms with Gasteiger partial charge in [0.05, 0.1) is 17.9 Å². The van der Waals surface area contributed by atoms with Gasteiger partial charge in [-0.15, -0.1) is 11.3 Å². The Morgan fingerprint density at radius 1 is 1.41 bits per heavy atom. The second kappa shape index (κ2) is 5.17. The maximum atomic E-state index is 13.1. The molecule has 1 aliphatic heterocycles. The highest BCUT2D eigenvalue weighted by Gasteiger charge is 2.41. The summed E-state index contributed by atoms with van der Waals surface area (Å²) >= 11 is 7.18. The number of alkyl halides is 3. The molecule has 3 rings (SSSR count). The molecule has 0 saturated heterocycles. The van der Waals surface area contributed by atoms with Gasteiger partial charge in [-0.05, 0) is 11.4 Å². The van der Waals surface area contributed by atoms with E-state index in [1.807, 2.05) is 0 Å². The van der Waals surface area contributed by atoms with Gasteiger partial charge in [0.1, 0.15) is 4.34 Å². The molecule has 1 N–H and O–H groups in total. The minimum absolute atomic E-state index is 0.0153. The molecule has 0 unspecified atom stereocenters. The quantitative estimate of drug-likeness (QED) is 0.850. The number of thiophene rings is 1. The van der Waals surface area contributed by atoms with E-state index in [9.17, 15) is 18.0 Å². The summed E-state index contributed by atoms with van der Waals surface area (Å²) in [5.41, 5.74) is 0.684. The van der Waals surface area contributed by atoms with Crippen LogP contribution in [-0.2, 0) is 19.3 Å². The van der Waals surface area contributed by atoms with Crippen molar-refractivity contribution in [1.82, 2.24) is 14.5 Å². The molecule has 2 aromatic rings. The number of hydrogen-bond acceptors (Lipinski definition) is 3. The first-order valence-corrected chi connectivity index (χ1v) is 7.42. The van der Waals surface area contributed by atoms with Gasteiger partial charge < -0.3 is 14.6 Å². The van der Waals surface area contributed by atoms with Crippen molar-refractivity contribution < 1.29 is 23.1 Å². The van der Waals surface area contributed by atoms with Gasteiger partial charge in [-0.3, -0.25) is 0 Å². The minimum Gasteiger partial charge on any atom is -0.465 e. The highest BCUT2D eigenvalue weighted by atomic mass is 35.5. The van der Waals surface area contributed by atoms with Gasteiger partial charge in [0.15, 0.2) is 0 Å². The van der Waals surface area contributed by atoms with Gasteiger partial charge in [0.2, 0.25) is 5.82 Å². The van der Waals surface area contributed by atoms with Crippen LogP contribution in [0.25, 0.3) is 11.3 Å². The minimum atomic E-state index is -4.61. The smallest absolute Gasteiger partial charge is 0.449 e. The van der Waals surface area contributed by atoms with Crippen molar-refractivity contribution >= 4 is 29.0 Å². The molecule has 0 aliphatic carbocycles. The number of carboxylic acid groups (broad SMARTS) is 1. The molecule has 0 atom stereocenters. The molecule has 1 amide bonds. The number of imidazole rings is 1. The molecule has 0 radical (unpaired) electrons. The summed E-state index contributed by atoms with van der Waals surface area (Å²) in [5, 5.41) is 10.7. The second-order valence-electron chi connectivity index (χ2n) is 4.69. The number of rotatable bonds is 1. The maximum Gasteiger partial charge on any atom is 0.449 e. The lowest BCUT2D eigenvalue weighted by molar-refractivity contribution is -0.147. The Labute approximate surface area is 131 Å². The normalized spacial score (nSPS) is 15.0. The topological polar surface area (TPSA) is 58.4 Å². The molecule has 0 saturated carbocycles. The number of carbonyl (C=O) groups is 1. The van der Waals surface area contributed by atoms with Gasteiger partial charge in [-0.25, -0.2) is 9.78 Å². The van der Waals surface area contributed by atoms with Crippen molar-refractivity contribution in [3.63, 3.8) is 0 Å². The van der Waals surface area contributed by atoms with Gasteiger partial charge >= 0.3 is 12.3 Å². The van der Waals surface area contributed by atoms with Crippen LogP contribution < -0.4 is 0 Å². The van der Waals surface area contributed by atoms with Crippen molar-refractivity contribution in [1.29, 1.82) is 0 Å². The Bertz CT molecular complexity index is 741. The van der Waals surface area contributed by atoms with Crippen LogP contribution in [0.2, 0.25) is 4.34 Å². The van der Waals surface area contributed by atoms with Gasteiger partial charge in [-0.1, -0.05) is 11.6 Å². The average molecular weight is 352 g/mol. The Morgan fingerprint density at radius 3 is 2.68 bits per heavy atom. The largest absolute Gasteiger partial charge is 0.465 e. The van der Waals surface area contributed by atoms with E-state index in [-0.39, 0.29) is 31.0 Å². The van der Waals surface area contributed by atoms with Crippen LogP contribution in [0, 0.1) is 0 Å². The fourth-order valence-corrected chi connectivity index (χ4v) is 3.35. The molecule has 5 nitrogen and oxygen atoms in total. The van der Waals surface area contributed by atoms with Crippen LogP contribution in [0.3, 0.4) is 0 Å². The summed E-state index contributed by atoms with van der Waals surface area (Å²) < 4.78 is 40.8. The van der Waals surface area contributed by atoms with Crippen LogP contribution in [-0.4, -0.2) is 32.2 Å². The van der Waals surface area contributed by atoms with E-state index >= 15 is 0 Å². The Hall–Kier alpha value is -1.74. The lowest BCUT2D eigenvalue weighted by Gasteiger charge is -2.27. The first-order chi connectivity index (χ1) is 10.3. The van der Waals surface area contributed by atoms with E-state index in [0.717, 1.165) is 9.47 Å². The van der Waals surface area contributed by atoms with E-state index in [1.165, 1.54) is 11.3 Å². The van der Waals surface area contributed by atoms with Gasteiger partial charge in [0, 0.05) is 18.7 Å². The molecule has 22 heavy (non-hydrogen) atoms. The molecule has 2 aromatic heterocycles. The Morgan fingerprint density at radius 2 is 2.14 bits per heavy atom. The fraction of sp³-hybridized carbons (Fsp3) is 0.333. The number of aromatic nitrogens is 2. The van der Waals surface area contributed by atoms with Crippen LogP contribution in [0.5, 0.6) is 0 Å². The molecular formula is C12H9ClF3N3O2S. The summed E-state index contributed by atoms with van der Waals surface area (Å²) in [6.07, 6.45) is -5.79. The first kappa shape index (κ1) is 15.2. The number of fused-ring (bicyclic) bond motifs is 1. The zero-order chi connectivity index (χ0) is 16.1. The van der Waals surface area contributed by atoms with E-state index in [0.29, 0.717) is 9.90 Å². The summed E-state index contributed by atoms with van der Waals surface area (Å²) in [4.78, 5) is 15.8. The molecular weight excluding hydrogens is 343 g/mol. The average Bonchev–Trinajstić information content (AvgIpc) is 3.00. The van der Waals surface area contributed by atoms with Crippen molar-refractivity contribution in [2.75, 3.05) is 6.54 Å². The number of nitrogens with zero attached hydrogens (tertiary/aromatic N) is 3. The predicted molar refractivity (Wildman–Crippen MR) is 74.0 cm³/mol. The SMILES string of the molecule is O=C(O)N1CCn2c(C(F)(F)F)nc(-c3ccsc3Cl)c2C1. The predicted octanol–water partition coefficient (Wildman–Crippen LogP) is 3.78. The lowest BCUT2D eigenvalue weighted by atomic mass is 10.1. The van der Waals surface area contributed by atoms with Crippen molar-refractivity contribution in [3.8, 4) is 11.3 Å². The number of amides is 1. The van der Waals surface area contributed by atoms with Crippen LogP contribution in [0.4, 0.5) is 18.0 Å². The lowest BCUT2D eigenvalue weighted by Crippen LogP contribution is -2.38. The molecule has 118 valence electrons. The molecule has 0 fully saturated rings. The van der Waals surface area contributed by atoms with Gasteiger partial charge in [-0.2, -0.15) is 13.2 Å². The number of hydrogen-bond donors (Lipinski definition) is 1. The third-order valence-electron chi connectivity index (χ3n) is 3.40. The third kappa shape index (κ3) is 2.44. The Kier molecular flexibility index (Phi) is 3.56. The van der Waals surface area contributed by atoms with Gasteiger partial charge in [0.25, 0.3) is 0 Å². The Balaban J connectivity index is 2.17. The third-order valence-corrected chi connectivity index (χ3v) is 4.57. The summed E-state index contributed by atoms with van der Waals surface area (Å²) in [6, 6.07) is 1.58. The molecule has 0 aromatic carbocycles. The van der Waals surface area contributed by atoms with Crippen LogP contribution >= 0.6 is 22.9 Å². The van der Waals surface area contributed by atoms with Crippen molar-refractivity contribution in [3.05, 3.63) is 27.3 Å². The maximum absolute atomic E-state index is 13.1. The van der Waals surface area contributed by atoms with Crippen LogP contribution in [0.1, 0.15) is 11.5 Å². The van der Waals surface area contributed by atoms with E-state index < -0.39 is 18.1 Å². The summed E-state index contributed by atoms with van der Waals surface area (Å²) in [6.45, 7) is -0.260. The molecule has 0 bridgehead atoms. The van der Waals surface area contributed by atoms with Crippen LogP contribution in [0.15, 0.2) is 11.4 Å². The summed E-state index contributed by atoms with van der Waals surface area (Å²) in [5.74, 6) is -1.02. The van der Waals surface area contributed by atoms with E-state index in [1.54, 1.807) is 11.4 Å². The highest BCUT2D eigenvalue weighted by molar-refractivity contribution is 7.15. The molecule has 10 heteroatoms.